The summed E-state index contributed by atoms with van der Waals surface area (Å²) in [7, 11) is 0. The third-order valence-corrected chi connectivity index (χ3v) is 1.46. The summed E-state index contributed by atoms with van der Waals surface area (Å²) in [4.78, 5) is 0. The minimum absolute atomic E-state index is 0.330. The molecule has 0 unspecified atom stereocenters. The molecule has 0 aromatic carbocycles. The summed E-state index contributed by atoms with van der Waals surface area (Å²) in [6.45, 7) is 10.9. The molecule has 0 spiro atoms. The van der Waals surface area contributed by atoms with Gasteiger partial charge >= 0.3 is 0 Å². The lowest BCUT2D eigenvalue weighted by molar-refractivity contribution is 0.545. The Bertz CT molecular complexity index is 126. The molecule has 0 atom stereocenters. The highest BCUT2D eigenvalue weighted by atomic mass is 14.7. The van der Waals surface area contributed by atoms with E-state index in [0.717, 1.165) is 12.8 Å². The molecule has 0 aliphatic heterocycles. The van der Waals surface area contributed by atoms with E-state index in [1.165, 1.54) is 0 Å². The van der Waals surface area contributed by atoms with Crippen molar-refractivity contribution in [3.8, 4) is 0 Å². The van der Waals surface area contributed by atoms with Crippen LogP contribution in [0.4, 0.5) is 0 Å². The molecule has 2 N–H and O–H groups in total. The Balaban J connectivity index is 4.05. The molecule has 0 amide bonds. The van der Waals surface area contributed by atoms with Crippen LogP contribution in [0.2, 0.25) is 0 Å². The Hall–Kier alpha value is -0.820. The fourth-order valence-electron chi connectivity index (χ4n) is 0.787. The van der Waals surface area contributed by atoms with Gasteiger partial charge in [-0.15, -0.1) is 19.7 Å². The summed E-state index contributed by atoms with van der Waals surface area (Å²) in [6, 6.07) is 0. The maximum Gasteiger partial charge on any atom is 0.0406 e. The van der Waals surface area contributed by atoms with Gasteiger partial charge in [-0.05, 0) is 12.8 Å². The van der Waals surface area contributed by atoms with Crippen molar-refractivity contribution in [2.24, 2.45) is 5.73 Å². The van der Waals surface area contributed by atoms with Gasteiger partial charge < -0.3 is 5.73 Å². The molecular formula is C9H15N. The van der Waals surface area contributed by atoms with E-state index in [1.807, 2.05) is 0 Å². The average molecular weight is 137 g/mol. The number of rotatable bonds is 5. The first-order valence-corrected chi connectivity index (χ1v) is 3.33. The highest BCUT2D eigenvalue weighted by molar-refractivity contribution is 5.06. The van der Waals surface area contributed by atoms with Crippen molar-refractivity contribution in [3.05, 3.63) is 38.0 Å². The predicted octanol–water partition coefficient (Wildman–Crippen LogP) is 2.02. The number of hydrogen-bond acceptors (Lipinski definition) is 1. The normalized spacial score (nSPS) is 10.5. The summed E-state index contributed by atoms with van der Waals surface area (Å²) >= 11 is 0. The number of hydrogen-bond donors (Lipinski definition) is 1. The van der Waals surface area contributed by atoms with E-state index in [2.05, 4.69) is 19.7 Å². The molecule has 0 fully saturated rings. The molecular weight excluding hydrogens is 122 g/mol. The Kier molecular flexibility index (Phi) is 3.74. The minimum Gasteiger partial charge on any atom is -0.321 e. The molecule has 1 heteroatoms. The summed E-state index contributed by atoms with van der Waals surface area (Å²) in [5.74, 6) is 0. The molecule has 0 bridgehead atoms. The molecule has 0 rings (SSSR count). The molecule has 56 valence electrons. The lowest BCUT2D eigenvalue weighted by atomic mass is 9.93. The highest BCUT2D eigenvalue weighted by Crippen LogP contribution is 2.13. The average Bonchev–Trinajstić information content (AvgIpc) is 1.89. The van der Waals surface area contributed by atoms with Gasteiger partial charge in [0.2, 0.25) is 0 Å². The molecule has 10 heavy (non-hydrogen) atoms. The van der Waals surface area contributed by atoms with Gasteiger partial charge in [0.1, 0.15) is 0 Å². The van der Waals surface area contributed by atoms with Crippen LogP contribution < -0.4 is 5.73 Å². The third-order valence-electron chi connectivity index (χ3n) is 1.46. The van der Waals surface area contributed by atoms with Crippen LogP contribution in [0.5, 0.6) is 0 Å². The largest absolute Gasteiger partial charge is 0.321 e. The van der Waals surface area contributed by atoms with Gasteiger partial charge in [-0.25, -0.2) is 0 Å². The topological polar surface area (TPSA) is 26.0 Å². The van der Waals surface area contributed by atoms with Crippen LogP contribution in [-0.4, -0.2) is 5.54 Å². The van der Waals surface area contributed by atoms with Gasteiger partial charge in [0.15, 0.2) is 0 Å². The second kappa shape index (κ2) is 4.07. The Morgan fingerprint density at radius 3 is 1.70 bits per heavy atom. The first-order valence-electron chi connectivity index (χ1n) is 3.33. The van der Waals surface area contributed by atoms with Crippen LogP contribution in [-0.2, 0) is 0 Å². The van der Waals surface area contributed by atoms with Crippen molar-refractivity contribution in [2.75, 3.05) is 0 Å². The second-order valence-corrected chi connectivity index (χ2v) is 2.42. The summed E-state index contributed by atoms with van der Waals surface area (Å²) in [6.07, 6.45) is 6.85. The second-order valence-electron chi connectivity index (χ2n) is 2.42. The van der Waals surface area contributed by atoms with Gasteiger partial charge in [-0.3, -0.25) is 0 Å². The standard InChI is InChI=1S/C9H15N/c1-4-7-9(10,6-3)8-5-2/h4-6H,1-3,7-8,10H2. The van der Waals surface area contributed by atoms with Crippen molar-refractivity contribution in [2.45, 2.75) is 18.4 Å². The van der Waals surface area contributed by atoms with Crippen molar-refractivity contribution in [1.29, 1.82) is 0 Å². The van der Waals surface area contributed by atoms with Crippen LogP contribution in [0.25, 0.3) is 0 Å². The quantitative estimate of drug-likeness (QED) is 0.576. The third kappa shape index (κ3) is 2.65. The van der Waals surface area contributed by atoms with Crippen molar-refractivity contribution in [3.63, 3.8) is 0 Å². The first kappa shape index (κ1) is 9.18. The molecule has 1 nitrogen and oxygen atoms in total. The first-order chi connectivity index (χ1) is 4.68. The molecule has 0 radical (unpaired) electrons. The monoisotopic (exact) mass is 137 g/mol. The van der Waals surface area contributed by atoms with Crippen LogP contribution in [0.15, 0.2) is 38.0 Å². The Labute approximate surface area is 62.9 Å². The Morgan fingerprint density at radius 1 is 1.10 bits per heavy atom. The van der Waals surface area contributed by atoms with Crippen molar-refractivity contribution < 1.29 is 0 Å². The molecule has 0 aliphatic carbocycles. The molecule has 0 saturated heterocycles. The molecule has 0 aromatic heterocycles. The maximum absolute atomic E-state index is 5.86. The van der Waals surface area contributed by atoms with E-state index in [4.69, 9.17) is 5.73 Å². The van der Waals surface area contributed by atoms with Gasteiger partial charge in [-0.1, -0.05) is 18.2 Å². The van der Waals surface area contributed by atoms with E-state index < -0.39 is 0 Å². The van der Waals surface area contributed by atoms with Gasteiger partial charge in [0.05, 0.1) is 0 Å². The van der Waals surface area contributed by atoms with Crippen molar-refractivity contribution in [1.82, 2.24) is 0 Å². The lowest BCUT2D eigenvalue weighted by Crippen LogP contribution is -2.35. The summed E-state index contributed by atoms with van der Waals surface area (Å²) in [5, 5.41) is 0. The van der Waals surface area contributed by atoms with Gasteiger partial charge in [0.25, 0.3) is 0 Å². The SMILES string of the molecule is C=CCC(N)(C=C)CC=C. The smallest absolute Gasteiger partial charge is 0.0406 e. The van der Waals surface area contributed by atoms with E-state index in [0.29, 0.717) is 0 Å². The van der Waals surface area contributed by atoms with E-state index in [9.17, 15) is 0 Å². The van der Waals surface area contributed by atoms with Crippen LogP contribution >= 0.6 is 0 Å². The maximum atomic E-state index is 5.86. The van der Waals surface area contributed by atoms with E-state index in [-0.39, 0.29) is 5.54 Å². The van der Waals surface area contributed by atoms with Gasteiger partial charge in [-0.2, -0.15) is 0 Å². The molecule has 0 aliphatic rings. The summed E-state index contributed by atoms with van der Waals surface area (Å²) in [5.41, 5.74) is 5.53. The fraction of sp³-hybridized carbons (Fsp3) is 0.333. The van der Waals surface area contributed by atoms with Crippen LogP contribution in [0.3, 0.4) is 0 Å². The van der Waals surface area contributed by atoms with Crippen LogP contribution in [0, 0.1) is 0 Å². The van der Waals surface area contributed by atoms with E-state index in [1.54, 1.807) is 18.2 Å². The van der Waals surface area contributed by atoms with Crippen molar-refractivity contribution >= 4 is 0 Å². The molecule has 0 heterocycles. The molecule has 0 aromatic rings. The Morgan fingerprint density at radius 2 is 1.50 bits per heavy atom. The minimum atomic E-state index is -0.330. The fourth-order valence-corrected chi connectivity index (χ4v) is 0.787. The predicted molar refractivity (Wildman–Crippen MR) is 46.7 cm³/mol. The summed E-state index contributed by atoms with van der Waals surface area (Å²) < 4.78 is 0. The zero-order valence-corrected chi connectivity index (χ0v) is 6.34. The van der Waals surface area contributed by atoms with Crippen LogP contribution in [0.1, 0.15) is 12.8 Å². The lowest BCUT2D eigenvalue weighted by Gasteiger charge is -2.21. The number of nitrogens with two attached hydrogens (primary N) is 1. The zero-order valence-electron chi connectivity index (χ0n) is 6.34. The highest BCUT2D eigenvalue weighted by Gasteiger charge is 2.15. The van der Waals surface area contributed by atoms with E-state index >= 15 is 0 Å². The van der Waals surface area contributed by atoms with Gasteiger partial charge in [0, 0.05) is 5.54 Å². The molecule has 0 saturated carbocycles. The zero-order chi connectivity index (χ0) is 8.04.